The molecule has 1 heterocycles. The third-order valence-electron chi connectivity index (χ3n) is 3.52. The van der Waals surface area contributed by atoms with Crippen molar-refractivity contribution in [3.8, 4) is 0 Å². The van der Waals surface area contributed by atoms with Gasteiger partial charge in [-0.2, -0.15) is 0 Å². The van der Waals surface area contributed by atoms with Gasteiger partial charge in [0.1, 0.15) is 0 Å². The third-order valence-corrected chi connectivity index (χ3v) is 4.05. The summed E-state index contributed by atoms with van der Waals surface area (Å²) >= 11 is 3.50. The van der Waals surface area contributed by atoms with E-state index in [9.17, 15) is 0 Å². The molecule has 0 unspecified atom stereocenters. The van der Waals surface area contributed by atoms with Crippen LogP contribution in [0, 0.1) is 0 Å². The molecule has 0 saturated carbocycles. The summed E-state index contributed by atoms with van der Waals surface area (Å²) in [4.78, 5) is 2.54. The Morgan fingerprint density at radius 2 is 1.88 bits per heavy atom. The fraction of sp³-hybridized carbons (Fsp3) is 0.571. The molecule has 2 rings (SSSR count). The SMILES string of the molecule is CC1(C)CCNCCCN1c1ccc(Br)cc1. The van der Waals surface area contributed by atoms with Gasteiger partial charge < -0.3 is 10.2 Å². The fourth-order valence-electron chi connectivity index (χ4n) is 2.42. The molecule has 0 atom stereocenters. The maximum absolute atomic E-state index is 3.50. The first-order valence-electron chi connectivity index (χ1n) is 6.33. The van der Waals surface area contributed by atoms with E-state index in [2.05, 4.69) is 64.3 Å². The molecular formula is C14H21BrN2. The number of nitrogens with zero attached hydrogens (tertiary/aromatic N) is 1. The Hall–Kier alpha value is -0.540. The summed E-state index contributed by atoms with van der Waals surface area (Å²) in [6.45, 7) is 8.04. The molecule has 1 aliphatic heterocycles. The molecule has 0 bridgehead atoms. The average molecular weight is 297 g/mol. The lowest BCUT2D eigenvalue weighted by Gasteiger charge is -2.42. The van der Waals surface area contributed by atoms with Gasteiger partial charge in [0.15, 0.2) is 0 Å². The standard InChI is InChI=1S/C14H21BrN2/c1-14(2)8-10-16-9-3-11-17(14)13-6-4-12(15)5-7-13/h4-7,16H,3,8-11H2,1-2H3. The first-order chi connectivity index (χ1) is 8.09. The van der Waals surface area contributed by atoms with Crippen molar-refractivity contribution >= 4 is 21.6 Å². The molecule has 3 heteroatoms. The van der Waals surface area contributed by atoms with Crippen molar-refractivity contribution in [2.75, 3.05) is 24.5 Å². The molecule has 1 saturated heterocycles. The Labute approximate surface area is 113 Å². The molecule has 2 nitrogen and oxygen atoms in total. The molecule has 17 heavy (non-hydrogen) atoms. The van der Waals surface area contributed by atoms with Crippen molar-refractivity contribution in [2.45, 2.75) is 32.2 Å². The highest BCUT2D eigenvalue weighted by Crippen LogP contribution is 2.28. The van der Waals surface area contributed by atoms with Crippen molar-refractivity contribution in [2.24, 2.45) is 0 Å². The van der Waals surface area contributed by atoms with E-state index in [0.29, 0.717) is 0 Å². The van der Waals surface area contributed by atoms with E-state index in [1.165, 1.54) is 18.5 Å². The van der Waals surface area contributed by atoms with E-state index in [4.69, 9.17) is 0 Å². The van der Waals surface area contributed by atoms with E-state index in [0.717, 1.165) is 24.1 Å². The summed E-state index contributed by atoms with van der Waals surface area (Å²) in [6, 6.07) is 8.67. The predicted octanol–water partition coefficient (Wildman–Crippen LogP) is 3.42. The van der Waals surface area contributed by atoms with Crippen LogP contribution in [0.25, 0.3) is 0 Å². The Balaban J connectivity index is 2.22. The Bertz CT molecular complexity index is 359. The van der Waals surface area contributed by atoms with Gasteiger partial charge in [0, 0.05) is 22.2 Å². The monoisotopic (exact) mass is 296 g/mol. The highest BCUT2D eigenvalue weighted by atomic mass is 79.9. The summed E-state index contributed by atoms with van der Waals surface area (Å²) in [6.07, 6.45) is 2.39. The topological polar surface area (TPSA) is 15.3 Å². The molecule has 0 aromatic heterocycles. The van der Waals surface area contributed by atoms with Gasteiger partial charge in [-0.1, -0.05) is 15.9 Å². The molecule has 94 valence electrons. The van der Waals surface area contributed by atoms with Crippen LogP contribution in [0.5, 0.6) is 0 Å². The Morgan fingerprint density at radius 1 is 1.18 bits per heavy atom. The molecule has 0 aliphatic carbocycles. The Kier molecular flexibility index (Phi) is 4.10. The lowest BCUT2D eigenvalue weighted by molar-refractivity contribution is 0.387. The normalized spacial score (nSPS) is 20.8. The zero-order chi connectivity index (χ0) is 12.3. The van der Waals surface area contributed by atoms with Gasteiger partial charge in [0.2, 0.25) is 0 Å². The summed E-state index contributed by atoms with van der Waals surface area (Å²) in [5.74, 6) is 0. The van der Waals surface area contributed by atoms with Crippen LogP contribution in [0.2, 0.25) is 0 Å². The first-order valence-corrected chi connectivity index (χ1v) is 7.13. The van der Waals surface area contributed by atoms with Gasteiger partial charge in [0.05, 0.1) is 0 Å². The Morgan fingerprint density at radius 3 is 2.59 bits per heavy atom. The minimum atomic E-state index is 0.223. The van der Waals surface area contributed by atoms with Crippen LogP contribution >= 0.6 is 15.9 Å². The minimum absolute atomic E-state index is 0.223. The van der Waals surface area contributed by atoms with E-state index in [1.54, 1.807) is 0 Å². The van der Waals surface area contributed by atoms with Crippen LogP contribution in [0.4, 0.5) is 5.69 Å². The quantitative estimate of drug-likeness (QED) is 0.854. The van der Waals surface area contributed by atoms with Crippen LogP contribution in [0.15, 0.2) is 28.7 Å². The minimum Gasteiger partial charge on any atom is -0.366 e. The molecular weight excluding hydrogens is 276 g/mol. The van der Waals surface area contributed by atoms with E-state index < -0.39 is 0 Å². The van der Waals surface area contributed by atoms with Crippen molar-refractivity contribution in [3.05, 3.63) is 28.7 Å². The molecule has 0 radical (unpaired) electrons. The van der Waals surface area contributed by atoms with E-state index in [1.807, 2.05) is 0 Å². The van der Waals surface area contributed by atoms with Gasteiger partial charge in [-0.15, -0.1) is 0 Å². The second-order valence-corrected chi connectivity index (χ2v) is 6.21. The van der Waals surface area contributed by atoms with Crippen molar-refractivity contribution in [3.63, 3.8) is 0 Å². The first kappa shape index (κ1) is 12.9. The molecule has 1 N–H and O–H groups in total. The molecule has 1 aliphatic rings. The van der Waals surface area contributed by atoms with Crippen molar-refractivity contribution in [1.29, 1.82) is 0 Å². The lowest BCUT2D eigenvalue weighted by Crippen LogP contribution is -2.48. The zero-order valence-electron chi connectivity index (χ0n) is 10.7. The summed E-state index contributed by atoms with van der Waals surface area (Å²) in [5.41, 5.74) is 1.56. The fourth-order valence-corrected chi connectivity index (χ4v) is 2.68. The smallest absolute Gasteiger partial charge is 0.0371 e. The van der Waals surface area contributed by atoms with Crippen LogP contribution in [0.1, 0.15) is 26.7 Å². The number of nitrogens with one attached hydrogen (secondary N) is 1. The summed E-state index contributed by atoms with van der Waals surface area (Å²) < 4.78 is 1.15. The van der Waals surface area contributed by atoms with Crippen LogP contribution in [-0.4, -0.2) is 25.2 Å². The van der Waals surface area contributed by atoms with Crippen LogP contribution < -0.4 is 10.2 Å². The van der Waals surface area contributed by atoms with Crippen LogP contribution in [0.3, 0.4) is 0 Å². The highest BCUT2D eigenvalue weighted by Gasteiger charge is 2.27. The number of rotatable bonds is 1. The van der Waals surface area contributed by atoms with Gasteiger partial charge >= 0.3 is 0 Å². The summed E-state index contributed by atoms with van der Waals surface area (Å²) in [5, 5.41) is 3.49. The average Bonchev–Trinajstić information content (AvgIpc) is 2.27. The second kappa shape index (κ2) is 5.40. The highest BCUT2D eigenvalue weighted by molar-refractivity contribution is 9.10. The van der Waals surface area contributed by atoms with Crippen LogP contribution in [-0.2, 0) is 0 Å². The molecule has 0 spiro atoms. The second-order valence-electron chi connectivity index (χ2n) is 5.29. The lowest BCUT2D eigenvalue weighted by atomic mass is 9.95. The largest absolute Gasteiger partial charge is 0.366 e. The van der Waals surface area contributed by atoms with Gasteiger partial charge in [-0.25, -0.2) is 0 Å². The maximum atomic E-state index is 3.50. The van der Waals surface area contributed by atoms with Gasteiger partial charge in [-0.3, -0.25) is 0 Å². The number of benzene rings is 1. The van der Waals surface area contributed by atoms with E-state index >= 15 is 0 Å². The molecule has 1 aromatic carbocycles. The number of halogens is 1. The molecule has 1 fully saturated rings. The number of anilines is 1. The number of hydrogen-bond acceptors (Lipinski definition) is 2. The predicted molar refractivity (Wildman–Crippen MR) is 77.7 cm³/mol. The zero-order valence-corrected chi connectivity index (χ0v) is 12.3. The maximum Gasteiger partial charge on any atom is 0.0371 e. The van der Waals surface area contributed by atoms with Crippen molar-refractivity contribution < 1.29 is 0 Å². The van der Waals surface area contributed by atoms with Crippen molar-refractivity contribution in [1.82, 2.24) is 5.32 Å². The van der Waals surface area contributed by atoms with Gasteiger partial charge in [0.25, 0.3) is 0 Å². The summed E-state index contributed by atoms with van der Waals surface area (Å²) in [7, 11) is 0. The third kappa shape index (κ3) is 3.23. The van der Waals surface area contributed by atoms with E-state index in [-0.39, 0.29) is 5.54 Å². The number of hydrogen-bond donors (Lipinski definition) is 1. The van der Waals surface area contributed by atoms with Gasteiger partial charge in [-0.05, 0) is 64.0 Å². The molecule has 0 amide bonds. The molecule has 1 aromatic rings.